The molecule has 0 unspecified atom stereocenters. The topological polar surface area (TPSA) is 125 Å². The third-order valence-corrected chi connectivity index (χ3v) is 4.74. The van der Waals surface area contributed by atoms with Gasteiger partial charge in [-0.2, -0.15) is 0 Å². The van der Waals surface area contributed by atoms with Crippen molar-refractivity contribution in [3.63, 3.8) is 0 Å². The zero-order valence-electron chi connectivity index (χ0n) is 15.1. The molecule has 146 valence electrons. The van der Waals surface area contributed by atoms with Crippen LogP contribution in [0.4, 0.5) is 11.4 Å². The van der Waals surface area contributed by atoms with Crippen LogP contribution in [0.3, 0.4) is 0 Å². The molecular formula is C17H17N5O5S. The van der Waals surface area contributed by atoms with Gasteiger partial charge in [0.25, 0.3) is 5.69 Å². The third kappa shape index (κ3) is 4.14. The Balaban J connectivity index is 1.70. The van der Waals surface area contributed by atoms with Crippen molar-refractivity contribution < 1.29 is 18.9 Å². The van der Waals surface area contributed by atoms with Gasteiger partial charge >= 0.3 is 0 Å². The van der Waals surface area contributed by atoms with E-state index in [0.29, 0.717) is 29.0 Å². The molecule has 11 heteroatoms. The number of carbonyl (C=O) groups is 1. The number of furan rings is 1. The molecule has 0 spiro atoms. The Morgan fingerprint density at radius 2 is 2.21 bits per heavy atom. The van der Waals surface area contributed by atoms with Crippen LogP contribution in [0.15, 0.2) is 46.2 Å². The summed E-state index contributed by atoms with van der Waals surface area (Å²) >= 11 is 1.20. The molecule has 0 aliphatic rings. The highest BCUT2D eigenvalue weighted by Crippen LogP contribution is 2.29. The standard InChI is InChI=1S/C17H17N5O5S/c1-3-21-16(14-5-4-8-27-14)19-20-17(21)28-10-15(23)18-12-9-11(22(24)25)6-7-13(12)26-2/h4-9H,3,10H2,1-2H3,(H,18,23). The summed E-state index contributed by atoms with van der Waals surface area (Å²) in [5.41, 5.74) is 0.0908. The van der Waals surface area contributed by atoms with Gasteiger partial charge in [-0.25, -0.2) is 0 Å². The number of nitrogens with one attached hydrogen (secondary N) is 1. The summed E-state index contributed by atoms with van der Waals surface area (Å²) in [6.07, 6.45) is 1.55. The van der Waals surface area contributed by atoms with Gasteiger partial charge in [-0.1, -0.05) is 11.8 Å². The highest BCUT2D eigenvalue weighted by atomic mass is 32.2. The fraction of sp³-hybridized carbons (Fsp3) is 0.235. The Bertz CT molecular complexity index is 986. The zero-order chi connectivity index (χ0) is 20.1. The van der Waals surface area contributed by atoms with Gasteiger partial charge in [0, 0.05) is 18.7 Å². The van der Waals surface area contributed by atoms with Crippen molar-refractivity contribution in [2.75, 3.05) is 18.2 Å². The van der Waals surface area contributed by atoms with Crippen LogP contribution in [-0.4, -0.2) is 38.5 Å². The second-order valence-corrected chi connectivity index (χ2v) is 6.45. The van der Waals surface area contributed by atoms with Crippen LogP contribution in [0, 0.1) is 10.1 Å². The maximum absolute atomic E-state index is 12.3. The minimum absolute atomic E-state index is 0.0438. The predicted molar refractivity (Wildman–Crippen MR) is 102 cm³/mol. The van der Waals surface area contributed by atoms with Crippen molar-refractivity contribution in [2.45, 2.75) is 18.6 Å². The highest BCUT2D eigenvalue weighted by Gasteiger charge is 2.18. The number of carbonyl (C=O) groups excluding carboxylic acids is 1. The lowest BCUT2D eigenvalue weighted by molar-refractivity contribution is -0.384. The largest absolute Gasteiger partial charge is 0.495 e. The molecule has 1 N–H and O–H groups in total. The lowest BCUT2D eigenvalue weighted by Gasteiger charge is -2.10. The summed E-state index contributed by atoms with van der Waals surface area (Å²) in [6.45, 7) is 2.54. The first-order valence-electron chi connectivity index (χ1n) is 8.25. The van der Waals surface area contributed by atoms with Crippen molar-refractivity contribution in [3.05, 3.63) is 46.7 Å². The summed E-state index contributed by atoms with van der Waals surface area (Å²) in [7, 11) is 1.42. The molecule has 0 radical (unpaired) electrons. The number of amides is 1. The molecular weight excluding hydrogens is 386 g/mol. The summed E-state index contributed by atoms with van der Waals surface area (Å²) in [4.78, 5) is 22.7. The van der Waals surface area contributed by atoms with E-state index in [1.807, 2.05) is 11.5 Å². The molecule has 0 saturated heterocycles. The van der Waals surface area contributed by atoms with Gasteiger partial charge < -0.3 is 14.5 Å². The van der Waals surface area contributed by atoms with E-state index in [4.69, 9.17) is 9.15 Å². The van der Waals surface area contributed by atoms with Gasteiger partial charge in [0.05, 0.1) is 29.7 Å². The van der Waals surface area contributed by atoms with Crippen LogP contribution in [0.1, 0.15) is 6.92 Å². The summed E-state index contributed by atoms with van der Waals surface area (Å²) in [6, 6.07) is 7.54. The van der Waals surface area contributed by atoms with E-state index in [-0.39, 0.29) is 23.0 Å². The molecule has 1 amide bonds. The lowest BCUT2D eigenvalue weighted by Crippen LogP contribution is -2.15. The van der Waals surface area contributed by atoms with Gasteiger partial charge in [-0.05, 0) is 25.1 Å². The fourth-order valence-corrected chi connectivity index (χ4v) is 3.29. The average molecular weight is 403 g/mol. The second-order valence-electron chi connectivity index (χ2n) is 5.51. The summed E-state index contributed by atoms with van der Waals surface area (Å²) < 4.78 is 12.3. The van der Waals surface area contributed by atoms with Crippen molar-refractivity contribution in [2.24, 2.45) is 0 Å². The van der Waals surface area contributed by atoms with Crippen LogP contribution < -0.4 is 10.1 Å². The molecule has 0 aliphatic carbocycles. The van der Waals surface area contributed by atoms with Crippen LogP contribution in [0.25, 0.3) is 11.6 Å². The zero-order valence-corrected chi connectivity index (χ0v) is 15.9. The maximum atomic E-state index is 12.3. The fourth-order valence-electron chi connectivity index (χ4n) is 2.49. The Hall–Kier alpha value is -3.34. The van der Waals surface area contributed by atoms with Gasteiger partial charge in [0.1, 0.15) is 5.75 Å². The summed E-state index contributed by atoms with van der Waals surface area (Å²) in [5.74, 6) is 1.19. The highest BCUT2D eigenvalue weighted by molar-refractivity contribution is 7.99. The van der Waals surface area contributed by atoms with Crippen LogP contribution >= 0.6 is 11.8 Å². The Morgan fingerprint density at radius 3 is 2.86 bits per heavy atom. The van der Waals surface area contributed by atoms with Crippen LogP contribution in [0.2, 0.25) is 0 Å². The second kappa shape index (κ2) is 8.57. The van der Waals surface area contributed by atoms with Crippen molar-refractivity contribution in [3.8, 4) is 17.3 Å². The van der Waals surface area contributed by atoms with Gasteiger partial charge in [0.2, 0.25) is 5.91 Å². The number of benzene rings is 1. The normalized spacial score (nSPS) is 10.6. The number of nitro benzene ring substituents is 1. The molecule has 0 aliphatic heterocycles. The summed E-state index contributed by atoms with van der Waals surface area (Å²) in [5, 5.41) is 22.4. The number of hydrogen-bond acceptors (Lipinski definition) is 8. The van der Waals surface area contributed by atoms with Gasteiger partial charge in [-0.15, -0.1) is 10.2 Å². The van der Waals surface area contributed by atoms with E-state index in [1.54, 1.807) is 18.4 Å². The van der Waals surface area contributed by atoms with Crippen molar-refractivity contribution in [1.82, 2.24) is 14.8 Å². The van der Waals surface area contributed by atoms with Crippen LogP contribution in [0.5, 0.6) is 5.75 Å². The Labute approximate surface area is 164 Å². The first-order chi connectivity index (χ1) is 13.5. The van der Waals surface area contributed by atoms with E-state index in [9.17, 15) is 14.9 Å². The predicted octanol–water partition coefficient (Wildman–Crippen LogP) is 3.21. The quantitative estimate of drug-likeness (QED) is 0.345. The Morgan fingerprint density at radius 1 is 1.39 bits per heavy atom. The number of non-ortho nitro benzene ring substituents is 1. The molecule has 0 saturated carbocycles. The van der Waals surface area contributed by atoms with E-state index in [2.05, 4.69) is 15.5 Å². The molecule has 2 heterocycles. The third-order valence-electron chi connectivity index (χ3n) is 3.77. The van der Waals surface area contributed by atoms with E-state index < -0.39 is 4.92 Å². The number of thioether (sulfide) groups is 1. The number of methoxy groups -OCH3 is 1. The lowest BCUT2D eigenvalue weighted by atomic mass is 10.2. The van der Waals surface area contributed by atoms with Crippen molar-refractivity contribution in [1.29, 1.82) is 0 Å². The number of nitro groups is 1. The van der Waals surface area contributed by atoms with E-state index in [1.165, 1.54) is 37.1 Å². The minimum atomic E-state index is -0.538. The van der Waals surface area contributed by atoms with Gasteiger partial charge in [-0.3, -0.25) is 19.5 Å². The number of nitrogens with zero attached hydrogens (tertiary/aromatic N) is 4. The van der Waals surface area contributed by atoms with Crippen molar-refractivity contribution >= 4 is 29.0 Å². The minimum Gasteiger partial charge on any atom is -0.495 e. The molecule has 2 aromatic heterocycles. The molecule has 0 fully saturated rings. The molecule has 28 heavy (non-hydrogen) atoms. The smallest absolute Gasteiger partial charge is 0.271 e. The number of ether oxygens (including phenoxy) is 1. The maximum Gasteiger partial charge on any atom is 0.271 e. The molecule has 0 bridgehead atoms. The number of hydrogen-bond donors (Lipinski definition) is 1. The number of rotatable bonds is 8. The molecule has 10 nitrogen and oxygen atoms in total. The molecule has 1 aromatic carbocycles. The number of aromatic nitrogens is 3. The van der Waals surface area contributed by atoms with Crippen LogP contribution in [-0.2, 0) is 11.3 Å². The first kappa shape index (κ1) is 19.4. The van der Waals surface area contributed by atoms with E-state index >= 15 is 0 Å². The average Bonchev–Trinajstić information content (AvgIpc) is 3.35. The number of anilines is 1. The Kier molecular flexibility index (Phi) is 5.94. The van der Waals surface area contributed by atoms with Gasteiger partial charge in [0.15, 0.2) is 16.7 Å². The SMILES string of the molecule is CCn1c(SCC(=O)Nc2cc([N+](=O)[O-])ccc2OC)nnc1-c1ccco1. The van der Waals surface area contributed by atoms with E-state index in [0.717, 1.165) is 0 Å². The first-order valence-corrected chi connectivity index (χ1v) is 9.24. The molecule has 0 atom stereocenters. The molecule has 3 aromatic rings. The molecule has 3 rings (SSSR count). The monoisotopic (exact) mass is 403 g/mol.